The highest BCUT2D eigenvalue weighted by atomic mass is 15.1. The molecule has 2 aromatic rings. The van der Waals surface area contributed by atoms with Gasteiger partial charge in [0.05, 0.1) is 5.69 Å². The van der Waals surface area contributed by atoms with Gasteiger partial charge in [-0.1, -0.05) is 18.2 Å². The van der Waals surface area contributed by atoms with Gasteiger partial charge >= 0.3 is 0 Å². The van der Waals surface area contributed by atoms with Crippen molar-refractivity contribution < 1.29 is 0 Å². The van der Waals surface area contributed by atoms with Crippen molar-refractivity contribution in [2.75, 3.05) is 5.73 Å². The minimum Gasteiger partial charge on any atom is -0.398 e. The summed E-state index contributed by atoms with van der Waals surface area (Å²) in [5, 5.41) is 12.6. The topological polar surface area (TPSA) is 100 Å². The van der Waals surface area contributed by atoms with Crippen LogP contribution in [0.5, 0.6) is 0 Å². The molecule has 5 nitrogen and oxygen atoms in total. The molecular weight excluding hydrogens is 214 g/mol. The van der Waals surface area contributed by atoms with Crippen LogP contribution in [0.3, 0.4) is 0 Å². The number of hydrogen-bond acceptors (Lipinski definition) is 3. The average Bonchev–Trinajstić information content (AvgIpc) is 2.30. The molecule has 84 valence electrons. The molecule has 0 heterocycles. The van der Waals surface area contributed by atoms with Crippen LogP contribution in [0, 0.1) is 11.5 Å². The third kappa shape index (κ3) is 2.26. The van der Waals surface area contributed by atoms with Crippen LogP contribution in [0.15, 0.2) is 41.4 Å². The van der Waals surface area contributed by atoms with Gasteiger partial charge in [0.1, 0.15) is 0 Å². The number of aliphatic imine (C=N–C) groups is 1. The second-order valence-electron chi connectivity index (χ2n) is 3.49. The highest BCUT2D eigenvalue weighted by Crippen LogP contribution is 2.25. The van der Waals surface area contributed by atoms with Crippen LogP contribution in [0.4, 0.5) is 11.4 Å². The van der Waals surface area contributed by atoms with Crippen molar-refractivity contribution in [3.8, 4) is 6.19 Å². The molecule has 0 aromatic heterocycles. The summed E-state index contributed by atoms with van der Waals surface area (Å²) < 4.78 is 0. The number of nitriles is 1. The number of benzene rings is 2. The molecule has 0 aliphatic heterocycles. The smallest absolute Gasteiger partial charge is 0.207 e. The van der Waals surface area contributed by atoms with E-state index in [4.69, 9.17) is 16.7 Å². The molecule has 0 fully saturated rings. The van der Waals surface area contributed by atoms with Crippen LogP contribution < -0.4 is 16.8 Å². The van der Waals surface area contributed by atoms with Crippen molar-refractivity contribution in [1.82, 2.24) is 5.32 Å². The minimum absolute atomic E-state index is 0.0568. The highest BCUT2D eigenvalue weighted by Gasteiger charge is 1.99. The Morgan fingerprint density at radius 3 is 2.88 bits per heavy atom. The Morgan fingerprint density at radius 2 is 2.12 bits per heavy atom. The fourth-order valence-corrected chi connectivity index (χ4v) is 1.58. The zero-order chi connectivity index (χ0) is 12.3. The summed E-state index contributed by atoms with van der Waals surface area (Å²) in [6.45, 7) is 0. The van der Waals surface area contributed by atoms with Crippen molar-refractivity contribution in [2.45, 2.75) is 0 Å². The average molecular weight is 225 g/mol. The Bertz CT molecular complexity index is 624. The number of nitrogens with two attached hydrogens (primary N) is 2. The standard InChI is InChI=1S/C12H11N5/c13-7-16-12(15)17-9-5-4-8-2-1-3-11(14)10(8)6-9/h1-6H,14H2,(H3,15,16,17). The maximum Gasteiger partial charge on any atom is 0.207 e. The van der Waals surface area contributed by atoms with E-state index in [0.29, 0.717) is 11.4 Å². The van der Waals surface area contributed by atoms with Crippen molar-refractivity contribution in [1.29, 1.82) is 5.26 Å². The van der Waals surface area contributed by atoms with Crippen LogP contribution in [-0.4, -0.2) is 5.96 Å². The third-order valence-corrected chi connectivity index (χ3v) is 2.33. The van der Waals surface area contributed by atoms with Crippen molar-refractivity contribution >= 4 is 28.1 Å². The zero-order valence-electron chi connectivity index (χ0n) is 9.01. The molecule has 0 atom stereocenters. The maximum absolute atomic E-state index is 8.39. The van der Waals surface area contributed by atoms with Crippen LogP contribution in [0.25, 0.3) is 10.8 Å². The molecule has 0 radical (unpaired) electrons. The first-order valence-corrected chi connectivity index (χ1v) is 4.98. The molecule has 5 heteroatoms. The van der Waals surface area contributed by atoms with Crippen LogP contribution in [0.1, 0.15) is 0 Å². The third-order valence-electron chi connectivity index (χ3n) is 2.33. The first-order chi connectivity index (χ1) is 8.20. The number of nitrogens with one attached hydrogen (secondary N) is 1. The summed E-state index contributed by atoms with van der Waals surface area (Å²) in [7, 11) is 0. The molecule has 0 amide bonds. The van der Waals surface area contributed by atoms with E-state index in [1.54, 1.807) is 6.19 Å². The lowest BCUT2D eigenvalue weighted by Crippen LogP contribution is -2.26. The van der Waals surface area contributed by atoms with Crippen molar-refractivity contribution in [2.24, 2.45) is 10.7 Å². The highest BCUT2D eigenvalue weighted by molar-refractivity contribution is 5.95. The maximum atomic E-state index is 8.39. The van der Waals surface area contributed by atoms with E-state index in [-0.39, 0.29) is 5.96 Å². The molecule has 0 aliphatic rings. The van der Waals surface area contributed by atoms with E-state index in [1.165, 1.54) is 0 Å². The van der Waals surface area contributed by atoms with Crippen LogP contribution in [0.2, 0.25) is 0 Å². The first-order valence-electron chi connectivity index (χ1n) is 4.98. The SMILES string of the molecule is N#CNC(N)=Nc1ccc2cccc(N)c2c1. The second kappa shape index (κ2) is 4.41. The lowest BCUT2D eigenvalue weighted by Gasteiger charge is -2.03. The predicted octanol–water partition coefficient (Wildman–Crippen LogP) is 1.44. The van der Waals surface area contributed by atoms with Gasteiger partial charge in [0.15, 0.2) is 6.19 Å². The largest absolute Gasteiger partial charge is 0.398 e. The second-order valence-corrected chi connectivity index (χ2v) is 3.49. The summed E-state index contributed by atoms with van der Waals surface area (Å²) in [6.07, 6.45) is 1.71. The fourth-order valence-electron chi connectivity index (χ4n) is 1.58. The Hall–Kier alpha value is -2.74. The molecule has 17 heavy (non-hydrogen) atoms. The Labute approximate surface area is 98.4 Å². The van der Waals surface area contributed by atoms with E-state index in [9.17, 15) is 0 Å². The van der Waals surface area contributed by atoms with Gasteiger partial charge in [-0.2, -0.15) is 5.26 Å². The van der Waals surface area contributed by atoms with Crippen LogP contribution >= 0.6 is 0 Å². The van der Waals surface area contributed by atoms with E-state index in [2.05, 4.69) is 10.3 Å². The Balaban J connectivity index is 2.48. The molecular formula is C12H11N5. The predicted molar refractivity (Wildman–Crippen MR) is 68.4 cm³/mol. The van der Waals surface area contributed by atoms with E-state index < -0.39 is 0 Å². The van der Waals surface area contributed by atoms with E-state index in [1.807, 2.05) is 36.4 Å². The lowest BCUT2D eigenvalue weighted by molar-refractivity contribution is 1.22. The fraction of sp³-hybridized carbons (Fsp3) is 0. The monoisotopic (exact) mass is 225 g/mol. The molecule has 0 aliphatic carbocycles. The molecule has 5 N–H and O–H groups in total. The molecule has 0 spiro atoms. The lowest BCUT2D eigenvalue weighted by atomic mass is 10.1. The molecule has 0 unspecified atom stereocenters. The molecule has 0 bridgehead atoms. The molecule has 0 saturated carbocycles. The summed E-state index contributed by atoms with van der Waals surface area (Å²) in [6, 6.07) is 11.2. The van der Waals surface area contributed by atoms with Gasteiger partial charge in [0.2, 0.25) is 5.96 Å². The zero-order valence-corrected chi connectivity index (χ0v) is 9.01. The quantitative estimate of drug-likeness (QED) is 0.225. The normalized spacial score (nSPS) is 11.1. The summed E-state index contributed by atoms with van der Waals surface area (Å²) in [5.74, 6) is 0.0568. The summed E-state index contributed by atoms with van der Waals surface area (Å²) in [4.78, 5) is 4.05. The molecule has 2 aromatic carbocycles. The number of rotatable bonds is 1. The van der Waals surface area contributed by atoms with Crippen molar-refractivity contribution in [3.05, 3.63) is 36.4 Å². The Kier molecular flexibility index (Phi) is 2.79. The van der Waals surface area contributed by atoms with Crippen molar-refractivity contribution in [3.63, 3.8) is 0 Å². The summed E-state index contributed by atoms with van der Waals surface area (Å²) in [5.41, 5.74) is 12.7. The van der Waals surface area contributed by atoms with E-state index >= 15 is 0 Å². The Morgan fingerprint density at radius 1 is 1.29 bits per heavy atom. The number of hydrogen-bond donors (Lipinski definition) is 3. The number of anilines is 1. The van der Waals surface area contributed by atoms with Crippen LogP contribution in [-0.2, 0) is 0 Å². The summed E-state index contributed by atoms with van der Waals surface area (Å²) >= 11 is 0. The minimum atomic E-state index is 0.0568. The number of nitrogens with zero attached hydrogens (tertiary/aromatic N) is 2. The van der Waals surface area contributed by atoms with Gasteiger partial charge < -0.3 is 11.5 Å². The van der Waals surface area contributed by atoms with E-state index in [0.717, 1.165) is 10.8 Å². The number of fused-ring (bicyclic) bond motifs is 1. The molecule has 0 saturated heterocycles. The van der Waals surface area contributed by atoms with Gasteiger partial charge in [-0.25, -0.2) is 4.99 Å². The number of nitrogen functional groups attached to an aromatic ring is 1. The first kappa shape index (κ1) is 10.8. The molecule has 2 rings (SSSR count). The van der Waals surface area contributed by atoms with Gasteiger partial charge in [-0.05, 0) is 23.6 Å². The van der Waals surface area contributed by atoms with Gasteiger partial charge in [-0.3, -0.25) is 5.32 Å². The van der Waals surface area contributed by atoms with Gasteiger partial charge in [0, 0.05) is 11.1 Å². The number of guanidine groups is 1. The van der Waals surface area contributed by atoms with Gasteiger partial charge in [-0.15, -0.1) is 0 Å². The van der Waals surface area contributed by atoms with Gasteiger partial charge in [0.25, 0.3) is 0 Å².